The molecule has 0 saturated heterocycles. The lowest BCUT2D eigenvalue weighted by atomic mass is 10.1. The first kappa shape index (κ1) is 13.8. The van der Waals surface area contributed by atoms with Gasteiger partial charge in [0.2, 0.25) is 0 Å². The third-order valence-corrected chi connectivity index (χ3v) is 3.24. The van der Waals surface area contributed by atoms with Gasteiger partial charge in [0.25, 0.3) is 0 Å². The van der Waals surface area contributed by atoms with Crippen LogP contribution in [0.4, 0.5) is 0 Å². The summed E-state index contributed by atoms with van der Waals surface area (Å²) in [6, 6.07) is 3.07. The van der Waals surface area contributed by atoms with Gasteiger partial charge in [0.05, 0.1) is 26.9 Å². The van der Waals surface area contributed by atoms with E-state index in [0.29, 0.717) is 14.9 Å². The van der Waals surface area contributed by atoms with Crippen LogP contribution >= 0.6 is 22.6 Å². The highest BCUT2D eigenvalue weighted by atomic mass is 127. The van der Waals surface area contributed by atoms with E-state index >= 15 is 0 Å². The number of hydrogen-bond donors (Lipinski definition) is 0. The number of ether oxygens (including phenoxy) is 3. The molecular formula is C11H11IO5. The normalized spacial score (nSPS) is 9.65. The largest absolute Gasteiger partial charge is 0.496 e. The molecule has 0 heterocycles. The topological polar surface area (TPSA) is 61.8 Å². The summed E-state index contributed by atoms with van der Waals surface area (Å²) in [5.41, 5.74) is 0.521. The van der Waals surface area contributed by atoms with Gasteiger partial charge in [0, 0.05) is 3.57 Å². The van der Waals surface area contributed by atoms with Crippen LogP contribution in [-0.4, -0.2) is 33.3 Å². The second kappa shape index (κ2) is 5.85. The van der Waals surface area contributed by atoms with Crippen LogP contribution in [0.15, 0.2) is 12.1 Å². The van der Waals surface area contributed by atoms with Gasteiger partial charge >= 0.3 is 11.9 Å². The van der Waals surface area contributed by atoms with Crippen LogP contribution in [0.25, 0.3) is 0 Å². The first-order chi connectivity index (χ1) is 8.06. The van der Waals surface area contributed by atoms with E-state index in [9.17, 15) is 9.59 Å². The molecule has 0 radical (unpaired) electrons. The van der Waals surface area contributed by atoms with Crippen molar-refractivity contribution < 1.29 is 23.8 Å². The molecule has 0 atom stereocenters. The molecular weight excluding hydrogens is 339 g/mol. The van der Waals surface area contributed by atoms with Crippen molar-refractivity contribution in [3.63, 3.8) is 0 Å². The van der Waals surface area contributed by atoms with Crippen LogP contribution in [-0.2, 0) is 9.47 Å². The van der Waals surface area contributed by atoms with Crippen molar-refractivity contribution in [2.24, 2.45) is 0 Å². The fourth-order valence-electron chi connectivity index (χ4n) is 1.29. The number of halogens is 1. The second-order valence-corrected chi connectivity index (χ2v) is 4.07. The average Bonchev–Trinajstić information content (AvgIpc) is 2.36. The van der Waals surface area contributed by atoms with Gasteiger partial charge in [-0.1, -0.05) is 0 Å². The van der Waals surface area contributed by atoms with E-state index < -0.39 is 11.9 Å². The molecule has 0 aliphatic carbocycles. The molecule has 17 heavy (non-hydrogen) atoms. The summed E-state index contributed by atoms with van der Waals surface area (Å²) in [5.74, 6) is -0.715. The van der Waals surface area contributed by atoms with Crippen LogP contribution in [0.2, 0.25) is 0 Å². The Morgan fingerprint density at radius 3 is 2.12 bits per heavy atom. The Kier molecular flexibility index (Phi) is 4.73. The van der Waals surface area contributed by atoms with Crippen LogP contribution in [0.3, 0.4) is 0 Å². The summed E-state index contributed by atoms with van der Waals surface area (Å²) in [6.07, 6.45) is 0. The van der Waals surface area contributed by atoms with Gasteiger partial charge in [-0.15, -0.1) is 0 Å². The molecule has 0 aromatic heterocycles. The van der Waals surface area contributed by atoms with Crippen molar-refractivity contribution in [2.45, 2.75) is 0 Å². The van der Waals surface area contributed by atoms with Crippen LogP contribution in [0.1, 0.15) is 20.7 Å². The third-order valence-electron chi connectivity index (χ3n) is 2.12. The molecule has 0 aliphatic rings. The number of hydrogen-bond acceptors (Lipinski definition) is 5. The second-order valence-electron chi connectivity index (χ2n) is 2.99. The highest BCUT2D eigenvalue weighted by Crippen LogP contribution is 2.28. The SMILES string of the molecule is COC(=O)c1ccc(OC)c(C(=O)OC)c1I. The minimum Gasteiger partial charge on any atom is -0.496 e. The molecule has 0 unspecified atom stereocenters. The number of carbonyl (C=O) groups excluding carboxylic acids is 2. The van der Waals surface area contributed by atoms with E-state index in [1.54, 1.807) is 6.07 Å². The number of carbonyl (C=O) groups is 2. The zero-order valence-corrected chi connectivity index (χ0v) is 11.7. The van der Waals surface area contributed by atoms with Gasteiger partial charge in [0.15, 0.2) is 0 Å². The van der Waals surface area contributed by atoms with Crippen molar-refractivity contribution in [3.8, 4) is 5.75 Å². The molecule has 1 rings (SSSR count). The molecule has 0 aliphatic heterocycles. The molecule has 92 valence electrons. The fraction of sp³-hybridized carbons (Fsp3) is 0.273. The average molecular weight is 350 g/mol. The molecule has 0 amide bonds. The molecule has 5 nitrogen and oxygen atoms in total. The molecule has 0 saturated carbocycles. The Hall–Kier alpha value is -1.31. The molecule has 0 spiro atoms. The number of benzene rings is 1. The maximum atomic E-state index is 11.6. The van der Waals surface area contributed by atoms with Crippen molar-refractivity contribution in [3.05, 3.63) is 26.8 Å². The van der Waals surface area contributed by atoms with Crippen LogP contribution < -0.4 is 4.74 Å². The Morgan fingerprint density at radius 2 is 1.65 bits per heavy atom. The van der Waals surface area contributed by atoms with Gasteiger partial charge in [-0.25, -0.2) is 9.59 Å². The Morgan fingerprint density at radius 1 is 1.06 bits per heavy atom. The summed E-state index contributed by atoms with van der Waals surface area (Å²) in [6.45, 7) is 0. The van der Waals surface area contributed by atoms with Gasteiger partial charge in [-0.05, 0) is 34.7 Å². The van der Waals surface area contributed by atoms with Gasteiger partial charge in [0.1, 0.15) is 11.3 Å². The predicted octanol–water partition coefficient (Wildman–Crippen LogP) is 1.87. The molecule has 0 N–H and O–H groups in total. The van der Waals surface area contributed by atoms with Crippen LogP contribution in [0.5, 0.6) is 5.75 Å². The summed E-state index contributed by atoms with van der Waals surface area (Å²) >= 11 is 1.89. The van der Waals surface area contributed by atoms with E-state index in [1.807, 2.05) is 22.6 Å². The van der Waals surface area contributed by atoms with Crippen molar-refractivity contribution in [2.75, 3.05) is 21.3 Å². The lowest BCUT2D eigenvalue weighted by Gasteiger charge is -2.11. The van der Waals surface area contributed by atoms with Crippen molar-refractivity contribution in [1.29, 1.82) is 0 Å². The maximum Gasteiger partial charge on any atom is 0.342 e. The minimum atomic E-state index is -0.558. The van der Waals surface area contributed by atoms with Crippen molar-refractivity contribution in [1.82, 2.24) is 0 Å². The van der Waals surface area contributed by atoms with E-state index in [-0.39, 0.29) is 5.56 Å². The van der Waals surface area contributed by atoms with E-state index in [4.69, 9.17) is 4.74 Å². The van der Waals surface area contributed by atoms with E-state index in [0.717, 1.165) is 0 Å². The summed E-state index contributed by atoms with van der Waals surface area (Å²) in [4.78, 5) is 23.1. The Labute approximate surface area is 112 Å². The van der Waals surface area contributed by atoms with Crippen molar-refractivity contribution >= 4 is 34.5 Å². The summed E-state index contributed by atoms with van der Waals surface area (Å²) in [7, 11) is 3.98. The first-order valence-corrected chi connectivity index (χ1v) is 5.67. The van der Waals surface area contributed by atoms with E-state index in [2.05, 4.69) is 9.47 Å². The maximum absolute atomic E-state index is 11.6. The summed E-state index contributed by atoms with van der Waals surface area (Å²) in [5, 5.41) is 0. The standard InChI is InChI=1S/C11H11IO5/c1-15-7-5-4-6(10(13)16-2)9(12)8(7)11(14)17-3/h4-5H,1-3H3. The molecule has 1 aromatic rings. The summed E-state index contributed by atoms with van der Waals surface area (Å²) < 4.78 is 14.8. The Bertz CT molecular complexity index is 455. The monoisotopic (exact) mass is 350 g/mol. The van der Waals surface area contributed by atoms with Gasteiger partial charge in [-0.2, -0.15) is 0 Å². The zero-order valence-electron chi connectivity index (χ0n) is 9.57. The first-order valence-electron chi connectivity index (χ1n) is 4.60. The highest BCUT2D eigenvalue weighted by Gasteiger charge is 2.22. The quantitative estimate of drug-likeness (QED) is 0.615. The number of methoxy groups -OCH3 is 3. The lowest BCUT2D eigenvalue weighted by Crippen LogP contribution is -2.12. The smallest absolute Gasteiger partial charge is 0.342 e. The highest BCUT2D eigenvalue weighted by molar-refractivity contribution is 14.1. The van der Waals surface area contributed by atoms with Gasteiger partial charge < -0.3 is 14.2 Å². The zero-order chi connectivity index (χ0) is 13.0. The predicted molar refractivity (Wildman–Crippen MR) is 68.4 cm³/mol. The molecule has 1 aromatic carbocycles. The minimum absolute atomic E-state index is 0.221. The van der Waals surface area contributed by atoms with Crippen LogP contribution in [0, 0.1) is 3.57 Å². The number of rotatable bonds is 3. The van der Waals surface area contributed by atoms with Gasteiger partial charge in [-0.3, -0.25) is 0 Å². The fourth-order valence-corrected chi connectivity index (χ4v) is 2.17. The molecule has 6 heteroatoms. The lowest BCUT2D eigenvalue weighted by molar-refractivity contribution is 0.0594. The molecule has 0 fully saturated rings. The number of esters is 2. The molecule has 0 bridgehead atoms. The third kappa shape index (κ3) is 2.68. The Balaban J connectivity index is 3.42. The van der Waals surface area contributed by atoms with E-state index in [1.165, 1.54) is 27.4 Å².